The topological polar surface area (TPSA) is 84.2 Å². The Hall–Kier alpha value is -3.55. The first-order chi connectivity index (χ1) is 13.0. The third-order valence-corrected chi connectivity index (χ3v) is 3.98. The fraction of sp³-hybridized carbons (Fsp3) is 0.158. The molecule has 0 bridgehead atoms. The molecule has 0 atom stereocenters. The normalized spacial score (nSPS) is 10.4. The van der Waals surface area contributed by atoms with Gasteiger partial charge >= 0.3 is 5.69 Å². The summed E-state index contributed by atoms with van der Waals surface area (Å²) in [5, 5.41) is 14.6. The van der Waals surface area contributed by atoms with Gasteiger partial charge in [0.15, 0.2) is 0 Å². The van der Waals surface area contributed by atoms with Gasteiger partial charge in [0.2, 0.25) is 11.6 Å². The van der Waals surface area contributed by atoms with Crippen LogP contribution in [0.2, 0.25) is 0 Å². The first-order valence-electron chi connectivity index (χ1n) is 8.27. The van der Waals surface area contributed by atoms with Crippen molar-refractivity contribution < 1.29 is 9.31 Å². The van der Waals surface area contributed by atoms with Crippen LogP contribution in [0.5, 0.6) is 0 Å². The van der Waals surface area contributed by atoms with E-state index in [9.17, 15) is 14.5 Å². The standard InChI is InChI=1S/C19H18FN5O2/c1-24(12-15-5-3-2-4-6-15)19-17(25(26)27)18(22-13-23-19)21-11-14-7-9-16(20)10-8-14/h2-10,13H,11-12H2,1H3,(H,21,22,23). The number of nitrogens with zero attached hydrogens (tertiary/aromatic N) is 4. The molecule has 0 aliphatic carbocycles. The van der Waals surface area contributed by atoms with E-state index in [4.69, 9.17) is 0 Å². The number of halogens is 1. The van der Waals surface area contributed by atoms with Crippen LogP contribution >= 0.6 is 0 Å². The Kier molecular flexibility index (Phi) is 5.55. The Balaban J connectivity index is 1.83. The number of nitro groups is 1. The Morgan fingerprint density at radius 3 is 2.44 bits per heavy atom. The molecular weight excluding hydrogens is 349 g/mol. The fourth-order valence-corrected chi connectivity index (χ4v) is 2.67. The molecule has 0 aliphatic rings. The summed E-state index contributed by atoms with van der Waals surface area (Å²) in [6.07, 6.45) is 1.29. The molecule has 1 aromatic heterocycles. The van der Waals surface area contributed by atoms with Gasteiger partial charge in [-0.1, -0.05) is 42.5 Å². The predicted molar refractivity (Wildman–Crippen MR) is 101 cm³/mol. The van der Waals surface area contributed by atoms with E-state index in [1.807, 2.05) is 30.3 Å². The first-order valence-corrected chi connectivity index (χ1v) is 8.27. The van der Waals surface area contributed by atoms with E-state index in [1.165, 1.54) is 18.5 Å². The fourth-order valence-electron chi connectivity index (χ4n) is 2.67. The van der Waals surface area contributed by atoms with E-state index >= 15 is 0 Å². The molecule has 138 valence electrons. The SMILES string of the molecule is CN(Cc1ccccc1)c1ncnc(NCc2ccc(F)cc2)c1[N+](=O)[O-]. The van der Waals surface area contributed by atoms with Crippen LogP contribution in [0.1, 0.15) is 11.1 Å². The lowest BCUT2D eigenvalue weighted by molar-refractivity contribution is -0.383. The summed E-state index contributed by atoms with van der Waals surface area (Å²) < 4.78 is 13.0. The number of anilines is 2. The highest BCUT2D eigenvalue weighted by molar-refractivity contribution is 5.70. The van der Waals surface area contributed by atoms with Crippen molar-refractivity contribution in [3.63, 3.8) is 0 Å². The Morgan fingerprint density at radius 2 is 1.78 bits per heavy atom. The van der Waals surface area contributed by atoms with Crippen LogP contribution in [-0.2, 0) is 13.1 Å². The summed E-state index contributed by atoms with van der Waals surface area (Å²) in [6.45, 7) is 0.746. The molecule has 1 N–H and O–H groups in total. The number of benzene rings is 2. The summed E-state index contributed by atoms with van der Waals surface area (Å²) in [5.41, 5.74) is 1.59. The quantitative estimate of drug-likeness (QED) is 0.505. The number of hydrogen-bond acceptors (Lipinski definition) is 6. The highest BCUT2D eigenvalue weighted by atomic mass is 19.1. The molecule has 1 heterocycles. The molecule has 2 aromatic carbocycles. The summed E-state index contributed by atoms with van der Waals surface area (Å²) in [7, 11) is 1.74. The van der Waals surface area contributed by atoms with Crippen molar-refractivity contribution in [2.24, 2.45) is 0 Å². The van der Waals surface area contributed by atoms with Crippen LogP contribution in [0, 0.1) is 15.9 Å². The summed E-state index contributed by atoms with van der Waals surface area (Å²) in [4.78, 5) is 21.0. The van der Waals surface area contributed by atoms with Crippen LogP contribution in [-0.4, -0.2) is 21.9 Å². The van der Waals surface area contributed by atoms with Crippen molar-refractivity contribution >= 4 is 17.3 Å². The van der Waals surface area contributed by atoms with E-state index in [0.717, 1.165) is 11.1 Å². The maximum atomic E-state index is 13.0. The molecular formula is C19H18FN5O2. The molecule has 0 spiro atoms. The molecule has 7 nitrogen and oxygen atoms in total. The molecule has 0 aliphatic heterocycles. The van der Waals surface area contributed by atoms with E-state index < -0.39 is 4.92 Å². The minimum Gasteiger partial charge on any atom is -0.360 e. The molecule has 0 radical (unpaired) electrons. The molecule has 8 heteroatoms. The largest absolute Gasteiger partial charge is 0.360 e. The number of nitrogens with one attached hydrogen (secondary N) is 1. The van der Waals surface area contributed by atoms with Gasteiger partial charge in [0.05, 0.1) is 4.92 Å². The first kappa shape index (κ1) is 18.2. The average molecular weight is 367 g/mol. The predicted octanol–water partition coefficient (Wildman–Crippen LogP) is 3.77. The molecule has 27 heavy (non-hydrogen) atoms. The van der Waals surface area contributed by atoms with E-state index in [0.29, 0.717) is 6.54 Å². The number of rotatable bonds is 7. The van der Waals surface area contributed by atoms with Gasteiger partial charge in [0, 0.05) is 20.1 Å². The summed E-state index contributed by atoms with van der Waals surface area (Å²) in [5.74, 6) is 0.00582. The third kappa shape index (κ3) is 4.55. The van der Waals surface area contributed by atoms with Crippen molar-refractivity contribution in [2.75, 3.05) is 17.3 Å². The van der Waals surface area contributed by atoms with Gasteiger partial charge in [-0.3, -0.25) is 10.1 Å². The van der Waals surface area contributed by atoms with Gasteiger partial charge in [-0.25, -0.2) is 14.4 Å². The average Bonchev–Trinajstić information content (AvgIpc) is 2.68. The van der Waals surface area contributed by atoms with E-state index in [2.05, 4.69) is 15.3 Å². The zero-order chi connectivity index (χ0) is 19.2. The van der Waals surface area contributed by atoms with E-state index in [-0.39, 0.29) is 29.7 Å². The maximum absolute atomic E-state index is 13.0. The van der Waals surface area contributed by atoms with E-state index in [1.54, 1.807) is 24.1 Å². The smallest absolute Gasteiger partial charge is 0.353 e. The summed E-state index contributed by atoms with van der Waals surface area (Å²) >= 11 is 0. The molecule has 3 rings (SSSR count). The highest BCUT2D eigenvalue weighted by Gasteiger charge is 2.25. The zero-order valence-corrected chi connectivity index (χ0v) is 14.7. The van der Waals surface area contributed by atoms with Gasteiger partial charge in [0.25, 0.3) is 0 Å². The van der Waals surface area contributed by atoms with Crippen molar-refractivity contribution in [2.45, 2.75) is 13.1 Å². The van der Waals surface area contributed by atoms with Crippen LogP contribution in [0.3, 0.4) is 0 Å². The Labute approximate surface area is 155 Å². The van der Waals surface area contributed by atoms with Crippen molar-refractivity contribution in [1.82, 2.24) is 9.97 Å². The van der Waals surface area contributed by atoms with Crippen LogP contribution < -0.4 is 10.2 Å². The molecule has 0 saturated heterocycles. The molecule has 0 amide bonds. The lowest BCUT2D eigenvalue weighted by Crippen LogP contribution is -2.20. The Morgan fingerprint density at radius 1 is 1.07 bits per heavy atom. The van der Waals surface area contributed by atoms with Gasteiger partial charge < -0.3 is 10.2 Å². The molecule has 0 fully saturated rings. The van der Waals surface area contributed by atoms with Crippen molar-refractivity contribution in [3.8, 4) is 0 Å². The van der Waals surface area contributed by atoms with Gasteiger partial charge in [-0.15, -0.1) is 0 Å². The summed E-state index contributed by atoms with van der Waals surface area (Å²) in [6, 6.07) is 15.5. The lowest BCUT2D eigenvalue weighted by Gasteiger charge is -2.19. The minimum absolute atomic E-state index is 0.120. The maximum Gasteiger partial charge on any atom is 0.353 e. The highest BCUT2D eigenvalue weighted by Crippen LogP contribution is 2.32. The van der Waals surface area contributed by atoms with Crippen molar-refractivity contribution in [1.29, 1.82) is 0 Å². The minimum atomic E-state index is -0.496. The van der Waals surface area contributed by atoms with Gasteiger partial charge in [-0.2, -0.15) is 0 Å². The number of hydrogen-bond donors (Lipinski definition) is 1. The van der Waals surface area contributed by atoms with Crippen LogP contribution in [0.25, 0.3) is 0 Å². The second-order valence-corrected chi connectivity index (χ2v) is 5.97. The Bertz CT molecular complexity index is 919. The molecule has 3 aromatic rings. The lowest BCUT2D eigenvalue weighted by atomic mass is 10.2. The second kappa shape index (κ2) is 8.22. The molecule has 0 unspecified atom stereocenters. The van der Waals surface area contributed by atoms with Crippen LogP contribution in [0.15, 0.2) is 60.9 Å². The molecule has 0 saturated carbocycles. The van der Waals surface area contributed by atoms with Gasteiger partial charge in [-0.05, 0) is 23.3 Å². The second-order valence-electron chi connectivity index (χ2n) is 5.97. The zero-order valence-electron chi connectivity index (χ0n) is 14.7. The van der Waals surface area contributed by atoms with Crippen molar-refractivity contribution in [3.05, 3.63) is 88.0 Å². The van der Waals surface area contributed by atoms with Gasteiger partial charge in [0.1, 0.15) is 12.1 Å². The van der Waals surface area contributed by atoms with Crippen LogP contribution in [0.4, 0.5) is 21.7 Å². The third-order valence-electron chi connectivity index (χ3n) is 3.98. The monoisotopic (exact) mass is 367 g/mol. The number of aromatic nitrogens is 2.